The van der Waals surface area contributed by atoms with Gasteiger partial charge in [0, 0.05) is 11.1 Å². The van der Waals surface area contributed by atoms with E-state index in [1.165, 1.54) is 0 Å². The maximum atomic E-state index is 10.9. The second-order valence-electron chi connectivity index (χ2n) is 2.89. The van der Waals surface area contributed by atoms with Crippen molar-refractivity contribution in [3.8, 4) is 5.75 Å². The first-order valence-electron chi connectivity index (χ1n) is 4.35. The quantitative estimate of drug-likeness (QED) is 0.773. The summed E-state index contributed by atoms with van der Waals surface area (Å²) in [6, 6.07) is 4.79. The summed E-state index contributed by atoms with van der Waals surface area (Å²) in [5.41, 5.74) is 0. The first-order chi connectivity index (χ1) is 7.04. The van der Waals surface area contributed by atoms with Crippen molar-refractivity contribution in [2.24, 2.45) is 0 Å². The van der Waals surface area contributed by atoms with Crippen LogP contribution in [0.15, 0.2) is 18.2 Å². The van der Waals surface area contributed by atoms with Gasteiger partial charge in [0.15, 0.2) is 6.10 Å². The first-order valence-corrected chi connectivity index (χ1v) is 5.49. The van der Waals surface area contributed by atoms with E-state index in [2.05, 4.69) is 0 Å². The molecule has 0 aromatic heterocycles. The Balaban J connectivity index is 2.87. The fourth-order valence-electron chi connectivity index (χ4n) is 1.01. The van der Waals surface area contributed by atoms with Crippen molar-refractivity contribution >= 4 is 40.0 Å². The predicted octanol–water partition coefficient (Wildman–Crippen LogP) is 3.92. The van der Waals surface area contributed by atoms with Gasteiger partial charge in [0.05, 0.1) is 5.02 Å². The van der Waals surface area contributed by atoms with Crippen molar-refractivity contribution in [3.05, 3.63) is 28.2 Å². The van der Waals surface area contributed by atoms with Gasteiger partial charge in [-0.15, -0.1) is 0 Å². The zero-order valence-electron chi connectivity index (χ0n) is 7.97. The molecule has 0 aliphatic rings. The molecule has 0 spiro atoms. The highest BCUT2D eigenvalue weighted by Gasteiger charge is 2.17. The summed E-state index contributed by atoms with van der Waals surface area (Å²) in [5, 5.41) is 0.343. The maximum absolute atomic E-state index is 10.9. The molecule has 1 aromatic rings. The Morgan fingerprint density at radius 2 is 2.13 bits per heavy atom. The molecule has 82 valence electrons. The van der Waals surface area contributed by atoms with Gasteiger partial charge < -0.3 is 4.74 Å². The number of rotatable bonds is 4. The fourth-order valence-corrected chi connectivity index (χ4v) is 1.53. The molecule has 1 rings (SSSR count). The van der Waals surface area contributed by atoms with Crippen molar-refractivity contribution in [1.82, 2.24) is 0 Å². The Kier molecular flexibility index (Phi) is 4.71. The van der Waals surface area contributed by atoms with Crippen LogP contribution in [0.4, 0.5) is 0 Å². The molecule has 0 saturated heterocycles. The summed E-state index contributed by atoms with van der Waals surface area (Å²) in [4.78, 5) is 10.9. The van der Waals surface area contributed by atoms with Crippen LogP contribution in [0.1, 0.15) is 13.3 Å². The highest BCUT2D eigenvalue weighted by Crippen LogP contribution is 2.29. The lowest BCUT2D eigenvalue weighted by Crippen LogP contribution is -2.22. The fraction of sp³-hybridized carbons (Fsp3) is 0.300. The molecular weight excluding hydrogens is 258 g/mol. The summed E-state index contributed by atoms with van der Waals surface area (Å²) < 4.78 is 5.34. The zero-order valence-corrected chi connectivity index (χ0v) is 10.2. The van der Waals surface area contributed by atoms with Crippen LogP contribution in [0.2, 0.25) is 10.0 Å². The lowest BCUT2D eigenvalue weighted by molar-refractivity contribution is -0.117. The lowest BCUT2D eigenvalue weighted by Gasteiger charge is -2.14. The second-order valence-corrected chi connectivity index (χ2v) is 4.11. The van der Waals surface area contributed by atoms with Crippen molar-refractivity contribution < 1.29 is 9.53 Å². The molecule has 1 aromatic carbocycles. The average Bonchev–Trinajstić information content (AvgIpc) is 2.18. The number of ether oxygens (including phenoxy) is 1. The van der Waals surface area contributed by atoms with Crippen molar-refractivity contribution in [2.45, 2.75) is 19.4 Å². The van der Waals surface area contributed by atoms with E-state index >= 15 is 0 Å². The van der Waals surface area contributed by atoms with Crippen LogP contribution in [-0.2, 0) is 4.79 Å². The van der Waals surface area contributed by atoms with E-state index in [0.717, 1.165) is 0 Å². The summed E-state index contributed by atoms with van der Waals surface area (Å²) in [6.07, 6.45) is -0.215. The minimum atomic E-state index is -0.692. The topological polar surface area (TPSA) is 26.3 Å². The molecule has 0 N–H and O–H groups in total. The van der Waals surface area contributed by atoms with E-state index in [-0.39, 0.29) is 0 Å². The molecule has 0 aliphatic heterocycles. The first kappa shape index (κ1) is 12.6. The zero-order chi connectivity index (χ0) is 11.4. The van der Waals surface area contributed by atoms with Crippen LogP contribution in [-0.4, -0.2) is 11.3 Å². The van der Waals surface area contributed by atoms with Crippen molar-refractivity contribution in [3.63, 3.8) is 0 Å². The molecule has 0 fully saturated rings. The van der Waals surface area contributed by atoms with E-state index in [1.807, 2.05) is 0 Å². The molecule has 0 aliphatic carbocycles. The van der Waals surface area contributed by atoms with Gasteiger partial charge in [-0.1, -0.05) is 30.1 Å². The molecule has 0 saturated carbocycles. The summed E-state index contributed by atoms with van der Waals surface area (Å²) in [6.45, 7) is 1.80. The van der Waals surface area contributed by atoms with Gasteiger partial charge in [-0.25, -0.2) is 0 Å². The van der Waals surface area contributed by atoms with E-state index in [1.54, 1.807) is 25.1 Å². The maximum Gasteiger partial charge on any atom is 0.262 e. The van der Waals surface area contributed by atoms with Crippen LogP contribution < -0.4 is 4.74 Å². The average molecular weight is 268 g/mol. The third-order valence-corrected chi connectivity index (χ3v) is 2.58. The minimum absolute atomic E-state index is 0.366. The summed E-state index contributed by atoms with van der Waals surface area (Å²) >= 11 is 17.0. The van der Waals surface area contributed by atoms with Crippen LogP contribution in [0.5, 0.6) is 5.75 Å². The minimum Gasteiger partial charge on any atom is -0.480 e. The Bertz CT molecular complexity index is 366. The van der Waals surface area contributed by atoms with Gasteiger partial charge in [-0.2, -0.15) is 0 Å². The SMILES string of the molecule is CC[C@@H](Oc1cc(Cl)ccc1Cl)C(=O)Cl. The molecule has 0 bridgehead atoms. The number of halogens is 3. The number of hydrogen-bond donors (Lipinski definition) is 0. The normalized spacial score (nSPS) is 12.3. The van der Waals surface area contributed by atoms with Crippen LogP contribution >= 0.6 is 34.8 Å². The van der Waals surface area contributed by atoms with Gasteiger partial charge in [-0.3, -0.25) is 4.79 Å². The monoisotopic (exact) mass is 266 g/mol. The molecule has 2 nitrogen and oxygen atoms in total. The summed E-state index contributed by atoms with van der Waals surface area (Å²) in [7, 11) is 0. The van der Waals surface area contributed by atoms with Crippen LogP contribution in [0, 0.1) is 0 Å². The molecule has 1 atom stereocenters. The largest absolute Gasteiger partial charge is 0.480 e. The summed E-state index contributed by atoms with van der Waals surface area (Å²) in [5.74, 6) is 0.366. The van der Waals surface area contributed by atoms with Crippen LogP contribution in [0.3, 0.4) is 0 Å². The molecule has 5 heteroatoms. The van der Waals surface area contributed by atoms with Gasteiger partial charge >= 0.3 is 0 Å². The van der Waals surface area contributed by atoms with Gasteiger partial charge in [-0.05, 0) is 30.2 Å². The van der Waals surface area contributed by atoms with Crippen molar-refractivity contribution in [2.75, 3.05) is 0 Å². The molecule has 15 heavy (non-hydrogen) atoms. The molecule has 0 amide bonds. The third-order valence-electron chi connectivity index (χ3n) is 1.79. The standard InChI is InChI=1S/C10H9Cl3O2/c1-2-8(10(13)14)15-9-5-6(11)3-4-7(9)12/h3-5,8H,2H2,1H3/t8-/m1/s1. The van der Waals surface area contributed by atoms with Gasteiger partial charge in [0.2, 0.25) is 0 Å². The Morgan fingerprint density at radius 3 is 2.67 bits per heavy atom. The molecular formula is C10H9Cl3O2. The number of benzene rings is 1. The molecule has 0 radical (unpaired) electrons. The molecule has 0 unspecified atom stereocenters. The Hall–Kier alpha value is -0.440. The van der Waals surface area contributed by atoms with E-state index in [0.29, 0.717) is 22.2 Å². The number of hydrogen-bond acceptors (Lipinski definition) is 2. The number of carbonyl (C=O) groups excluding carboxylic acids is 1. The Morgan fingerprint density at radius 1 is 1.47 bits per heavy atom. The lowest BCUT2D eigenvalue weighted by atomic mass is 10.3. The Labute approximate surface area is 103 Å². The highest BCUT2D eigenvalue weighted by molar-refractivity contribution is 6.64. The smallest absolute Gasteiger partial charge is 0.262 e. The van der Waals surface area contributed by atoms with Crippen molar-refractivity contribution in [1.29, 1.82) is 0 Å². The van der Waals surface area contributed by atoms with Gasteiger partial charge in [0.1, 0.15) is 5.75 Å². The van der Waals surface area contributed by atoms with E-state index in [9.17, 15) is 4.79 Å². The number of carbonyl (C=O) groups is 1. The highest BCUT2D eigenvalue weighted by atomic mass is 35.5. The van der Waals surface area contributed by atoms with E-state index < -0.39 is 11.3 Å². The second kappa shape index (κ2) is 5.59. The predicted molar refractivity (Wildman–Crippen MR) is 62.0 cm³/mol. The van der Waals surface area contributed by atoms with E-state index in [4.69, 9.17) is 39.5 Å². The third kappa shape index (κ3) is 3.56. The molecule has 0 heterocycles. The van der Waals surface area contributed by atoms with Gasteiger partial charge in [0.25, 0.3) is 5.24 Å². The van der Waals surface area contributed by atoms with Crippen LogP contribution in [0.25, 0.3) is 0 Å².